The van der Waals surface area contributed by atoms with E-state index in [0.717, 1.165) is 12.8 Å². The maximum Gasteiger partial charge on any atom is 0.408 e. The van der Waals surface area contributed by atoms with Gasteiger partial charge in [0.25, 0.3) is 0 Å². The lowest BCUT2D eigenvalue weighted by molar-refractivity contribution is -0.140. The lowest BCUT2D eigenvalue weighted by atomic mass is 10.2. The molecule has 0 saturated heterocycles. The van der Waals surface area contributed by atoms with Crippen LogP contribution in [0.1, 0.15) is 26.2 Å². The number of unbranched alkanes of at least 4 members (excludes halogenated alkanes) is 1. The summed E-state index contributed by atoms with van der Waals surface area (Å²) in [5.41, 5.74) is -1.19. The summed E-state index contributed by atoms with van der Waals surface area (Å²) < 4.78 is 4.85. The van der Waals surface area contributed by atoms with E-state index >= 15 is 0 Å². The molecule has 0 aliphatic heterocycles. The number of alkyl carbamates (subject to hydrolysis) is 1. The van der Waals surface area contributed by atoms with Crippen LogP contribution >= 0.6 is 0 Å². The standard InChI is InChI=1S/C11H17NO4/c1-3-5-6-16-10(15)12-11(9(13)14)7-8(11)4-2/h4,8H,2-3,5-7H2,1H3,(H,12,15)(H,13,14). The quantitative estimate of drug-likeness (QED) is 0.533. The molecule has 5 heteroatoms. The summed E-state index contributed by atoms with van der Waals surface area (Å²) >= 11 is 0. The number of carbonyl (C=O) groups excluding carboxylic acids is 1. The lowest BCUT2D eigenvalue weighted by Crippen LogP contribution is -2.45. The summed E-state index contributed by atoms with van der Waals surface area (Å²) in [5, 5.41) is 11.4. The predicted molar refractivity (Wildman–Crippen MR) is 58.1 cm³/mol. The highest BCUT2D eigenvalue weighted by molar-refractivity contribution is 5.88. The first kappa shape index (κ1) is 12.5. The van der Waals surface area contributed by atoms with Crippen molar-refractivity contribution in [2.45, 2.75) is 31.7 Å². The summed E-state index contributed by atoms with van der Waals surface area (Å²) in [6.45, 7) is 5.82. The molecule has 0 aromatic heterocycles. The largest absolute Gasteiger partial charge is 0.479 e. The van der Waals surface area contributed by atoms with Crippen LogP contribution in [0.4, 0.5) is 4.79 Å². The first-order valence-corrected chi connectivity index (χ1v) is 5.37. The number of nitrogens with one attached hydrogen (secondary N) is 1. The molecule has 0 heterocycles. The molecule has 0 aromatic carbocycles. The van der Waals surface area contributed by atoms with Crippen molar-refractivity contribution in [1.82, 2.24) is 5.32 Å². The molecule has 1 aliphatic carbocycles. The fourth-order valence-electron chi connectivity index (χ4n) is 1.54. The molecule has 5 nitrogen and oxygen atoms in total. The van der Waals surface area contributed by atoms with Crippen molar-refractivity contribution in [3.63, 3.8) is 0 Å². The molecule has 2 N–H and O–H groups in total. The first-order valence-electron chi connectivity index (χ1n) is 5.37. The fraction of sp³-hybridized carbons (Fsp3) is 0.636. The third kappa shape index (κ3) is 2.53. The van der Waals surface area contributed by atoms with Gasteiger partial charge in [0.05, 0.1) is 6.61 Å². The molecule has 1 amide bonds. The summed E-state index contributed by atoms with van der Waals surface area (Å²) in [4.78, 5) is 22.3. The Morgan fingerprint density at radius 3 is 2.81 bits per heavy atom. The Bertz CT molecular complexity index is 302. The van der Waals surface area contributed by atoms with Gasteiger partial charge in [0, 0.05) is 5.92 Å². The van der Waals surface area contributed by atoms with Gasteiger partial charge >= 0.3 is 12.1 Å². The highest BCUT2D eigenvalue weighted by Gasteiger charge is 2.60. The minimum absolute atomic E-state index is 0.205. The molecule has 16 heavy (non-hydrogen) atoms. The number of carbonyl (C=O) groups is 2. The predicted octanol–water partition coefficient (Wildman–Crippen LogP) is 1.54. The Hall–Kier alpha value is -1.52. The van der Waals surface area contributed by atoms with Gasteiger partial charge in [0.15, 0.2) is 0 Å². The lowest BCUT2D eigenvalue weighted by Gasteiger charge is -2.13. The number of amides is 1. The van der Waals surface area contributed by atoms with Gasteiger partial charge < -0.3 is 15.2 Å². The Morgan fingerprint density at radius 1 is 1.69 bits per heavy atom. The van der Waals surface area contributed by atoms with Crippen LogP contribution in [0.15, 0.2) is 12.7 Å². The van der Waals surface area contributed by atoms with Crippen molar-refractivity contribution in [2.75, 3.05) is 6.61 Å². The average molecular weight is 227 g/mol. The number of hydrogen-bond acceptors (Lipinski definition) is 3. The van der Waals surface area contributed by atoms with Gasteiger partial charge in [-0.05, 0) is 12.8 Å². The van der Waals surface area contributed by atoms with Gasteiger partial charge in [-0.1, -0.05) is 19.4 Å². The maximum absolute atomic E-state index is 11.3. The fourth-order valence-corrected chi connectivity index (χ4v) is 1.54. The van der Waals surface area contributed by atoms with E-state index in [1.807, 2.05) is 6.92 Å². The summed E-state index contributed by atoms with van der Waals surface area (Å²) in [6, 6.07) is 0. The monoisotopic (exact) mass is 227 g/mol. The molecule has 90 valence electrons. The Balaban J connectivity index is 2.43. The van der Waals surface area contributed by atoms with Gasteiger partial charge in [-0.2, -0.15) is 0 Å². The van der Waals surface area contributed by atoms with Crippen LogP contribution in [0.5, 0.6) is 0 Å². The van der Waals surface area contributed by atoms with Crippen LogP contribution in [0.2, 0.25) is 0 Å². The number of rotatable bonds is 6. The smallest absolute Gasteiger partial charge is 0.408 e. The Morgan fingerprint density at radius 2 is 2.38 bits per heavy atom. The Kier molecular flexibility index (Phi) is 3.93. The molecule has 0 bridgehead atoms. The van der Waals surface area contributed by atoms with Crippen molar-refractivity contribution in [3.8, 4) is 0 Å². The second kappa shape index (κ2) is 5.01. The summed E-state index contributed by atoms with van der Waals surface area (Å²) in [7, 11) is 0. The molecule has 0 aromatic rings. The maximum atomic E-state index is 11.3. The SMILES string of the molecule is C=CC1CC1(NC(=O)OCCCC)C(=O)O. The van der Waals surface area contributed by atoms with Crippen LogP contribution in [-0.4, -0.2) is 29.3 Å². The van der Waals surface area contributed by atoms with E-state index in [1.165, 1.54) is 0 Å². The molecule has 0 spiro atoms. The van der Waals surface area contributed by atoms with Crippen LogP contribution in [0.25, 0.3) is 0 Å². The molecule has 0 radical (unpaired) electrons. The van der Waals surface area contributed by atoms with E-state index < -0.39 is 17.6 Å². The topological polar surface area (TPSA) is 75.6 Å². The van der Waals surface area contributed by atoms with Gasteiger partial charge in [0.1, 0.15) is 5.54 Å². The third-order valence-electron chi connectivity index (χ3n) is 2.74. The van der Waals surface area contributed by atoms with Gasteiger partial charge in [-0.25, -0.2) is 9.59 Å². The van der Waals surface area contributed by atoms with E-state index in [0.29, 0.717) is 13.0 Å². The van der Waals surface area contributed by atoms with E-state index in [4.69, 9.17) is 9.84 Å². The van der Waals surface area contributed by atoms with Gasteiger partial charge in [-0.15, -0.1) is 6.58 Å². The van der Waals surface area contributed by atoms with Gasteiger partial charge in [-0.3, -0.25) is 0 Å². The zero-order valence-electron chi connectivity index (χ0n) is 9.36. The molecule has 2 atom stereocenters. The van der Waals surface area contributed by atoms with Crippen molar-refractivity contribution in [2.24, 2.45) is 5.92 Å². The highest BCUT2D eigenvalue weighted by Crippen LogP contribution is 2.44. The van der Waals surface area contributed by atoms with E-state index in [1.54, 1.807) is 6.08 Å². The number of carboxylic acids is 1. The minimum Gasteiger partial charge on any atom is -0.479 e. The van der Waals surface area contributed by atoms with E-state index in [9.17, 15) is 9.59 Å². The zero-order valence-corrected chi connectivity index (χ0v) is 9.36. The molecular weight excluding hydrogens is 210 g/mol. The minimum atomic E-state index is -1.19. The third-order valence-corrected chi connectivity index (χ3v) is 2.74. The van der Waals surface area contributed by atoms with Crippen molar-refractivity contribution in [1.29, 1.82) is 0 Å². The van der Waals surface area contributed by atoms with Crippen LogP contribution in [0, 0.1) is 5.92 Å². The molecule has 1 fully saturated rings. The molecule has 2 unspecified atom stereocenters. The number of ether oxygens (including phenoxy) is 1. The molecular formula is C11H17NO4. The number of carboxylic acid groups (broad SMARTS) is 1. The first-order chi connectivity index (χ1) is 7.56. The van der Waals surface area contributed by atoms with Crippen molar-refractivity contribution < 1.29 is 19.4 Å². The number of aliphatic carboxylic acids is 1. The Labute approximate surface area is 94.5 Å². The highest BCUT2D eigenvalue weighted by atomic mass is 16.5. The average Bonchev–Trinajstić information content (AvgIpc) is 2.93. The van der Waals surface area contributed by atoms with Crippen molar-refractivity contribution >= 4 is 12.1 Å². The normalized spacial score (nSPS) is 26.9. The van der Waals surface area contributed by atoms with Crippen LogP contribution in [0.3, 0.4) is 0 Å². The summed E-state index contributed by atoms with van der Waals surface area (Å²) in [5.74, 6) is -1.24. The van der Waals surface area contributed by atoms with E-state index in [-0.39, 0.29) is 5.92 Å². The van der Waals surface area contributed by atoms with Crippen LogP contribution in [-0.2, 0) is 9.53 Å². The van der Waals surface area contributed by atoms with Crippen molar-refractivity contribution in [3.05, 3.63) is 12.7 Å². The van der Waals surface area contributed by atoms with E-state index in [2.05, 4.69) is 11.9 Å². The number of hydrogen-bond donors (Lipinski definition) is 2. The van der Waals surface area contributed by atoms with Gasteiger partial charge in [0.2, 0.25) is 0 Å². The molecule has 1 aliphatic rings. The molecule has 1 rings (SSSR count). The second-order valence-electron chi connectivity index (χ2n) is 3.94. The zero-order chi connectivity index (χ0) is 12.2. The van der Waals surface area contributed by atoms with Crippen LogP contribution < -0.4 is 5.32 Å². The second-order valence-corrected chi connectivity index (χ2v) is 3.94. The molecule has 1 saturated carbocycles. The summed E-state index contributed by atoms with van der Waals surface area (Å²) in [6.07, 6.45) is 2.96.